The molecular weight excluding hydrogens is 515 g/mol. The molecule has 1 fully saturated rings. The molecule has 0 spiro atoms. The van der Waals surface area contributed by atoms with Gasteiger partial charge in [0.25, 0.3) is 0 Å². The van der Waals surface area contributed by atoms with Crippen molar-refractivity contribution in [3.63, 3.8) is 0 Å². The Bertz CT molecular complexity index is 1310. The number of amides is 3. The van der Waals surface area contributed by atoms with Crippen LogP contribution in [0, 0.1) is 12.8 Å². The van der Waals surface area contributed by atoms with Crippen LogP contribution in [0.2, 0.25) is 0 Å². The highest BCUT2D eigenvalue weighted by molar-refractivity contribution is 5.91. The fourth-order valence-corrected chi connectivity index (χ4v) is 4.56. The number of aryl methyl sites for hydroxylation is 1. The van der Waals surface area contributed by atoms with Gasteiger partial charge < -0.3 is 25.4 Å². The number of carboxylic acid groups (broad SMARTS) is 1. The van der Waals surface area contributed by atoms with E-state index >= 15 is 0 Å². The van der Waals surface area contributed by atoms with Crippen LogP contribution in [0.1, 0.15) is 35.2 Å². The second-order valence-corrected chi connectivity index (χ2v) is 9.52. The van der Waals surface area contributed by atoms with Crippen molar-refractivity contribution >= 4 is 23.6 Å². The number of nitrogens with one attached hydrogen (secondary N) is 2. The molecule has 0 bridgehead atoms. The topological polar surface area (TPSA) is 108 Å². The van der Waals surface area contributed by atoms with Crippen molar-refractivity contribution in [1.82, 2.24) is 10.2 Å². The molecule has 11 heteroatoms. The van der Waals surface area contributed by atoms with Crippen molar-refractivity contribution in [1.29, 1.82) is 0 Å². The van der Waals surface area contributed by atoms with Gasteiger partial charge in [0.15, 0.2) is 0 Å². The Morgan fingerprint density at radius 1 is 1.08 bits per heavy atom. The highest BCUT2D eigenvalue weighted by atomic mass is 19.1. The summed E-state index contributed by atoms with van der Waals surface area (Å²) in [5.74, 6) is -3.90. The van der Waals surface area contributed by atoms with E-state index in [0.717, 1.165) is 11.6 Å². The lowest BCUT2D eigenvalue weighted by Gasteiger charge is -2.27. The number of carbonyl (C=O) groups is 3. The molecule has 1 aliphatic heterocycles. The lowest BCUT2D eigenvalue weighted by Crippen LogP contribution is -2.40. The quantitative estimate of drug-likeness (QED) is 0.420. The predicted octanol–water partition coefficient (Wildman–Crippen LogP) is 5.28. The monoisotopic (exact) mass is 543 g/mol. The van der Waals surface area contributed by atoms with E-state index in [1.807, 2.05) is 0 Å². The number of alkyl halides is 1. The Balaban J connectivity index is 1.33. The first-order valence-electron chi connectivity index (χ1n) is 12.4. The summed E-state index contributed by atoms with van der Waals surface area (Å²) in [5.41, 5.74) is 1.07. The lowest BCUT2D eigenvalue weighted by molar-refractivity contribution is -0.133. The molecule has 0 aromatic heterocycles. The summed E-state index contributed by atoms with van der Waals surface area (Å²) < 4.78 is 49.5. The Labute approximate surface area is 223 Å². The summed E-state index contributed by atoms with van der Waals surface area (Å²) in [6.07, 6.45) is -1.21. The first-order valence-corrected chi connectivity index (χ1v) is 12.4. The van der Waals surface area contributed by atoms with Gasteiger partial charge in [-0.3, -0.25) is 4.79 Å². The third-order valence-electron chi connectivity index (χ3n) is 6.68. The summed E-state index contributed by atoms with van der Waals surface area (Å²) in [5, 5.41) is 13.9. The minimum atomic E-state index is -1.29. The molecular formula is C28H28F3N3O5. The summed E-state index contributed by atoms with van der Waals surface area (Å²) in [6, 6.07) is 11.3. The van der Waals surface area contributed by atoms with Gasteiger partial charge in [-0.15, -0.1) is 0 Å². The first-order chi connectivity index (χ1) is 18.6. The fraction of sp³-hybridized carbons (Fsp3) is 0.321. The second kappa shape index (κ2) is 12.1. The Hall–Kier alpha value is -4.28. The molecule has 1 saturated heterocycles. The van der Waals surface area contributed by atoms with Crippen LogP contribution in [0.3, 0.4) is 0 Å². The zero-order chi connectivity index (χ0) is 28.1. The standard InChI is InChI=1S/C28H28F3N3O5/c1-16-4-2-3-5-24(16)32-28(38)33-25-13-22(30)18(10-23(25)31)11-26(35)34-14-19(29)12-20(34)15-39-21-8-6-17(7-9-21)27(36)37/h2-9,13,18-20H,10-12,14-15H2,1H3,(H,36,37)(H2,32,33,38)/t18-,19+,20+/m1/s1. The third kappa shape index (κ3) is 6.98. The van der Waals surface area contributed by atoms with Gasteiger partial charge in [0, 0.05) is 30.9 Å². The van der Waals surface area contributed by atoms with Crippen molar-refractivity contribution in [3.8, 4) is 5.75 Å². The van der Waals surface area contributed by atoms with E-state index in [1.165, 1.54) is 29.2 Å². The van der Waals surface area contributed by atoms with Gasteiger partial charge in [-0.1, -0.05) is 18.2 Å². The largest absolute Gasteiger partial charge is 0.491 e. The molecule has 3 atom stereocenters. The minimum absolute atomic E-state index is 0.0280. The zero-order valence-corrected chi connectivity index (χ0v) is 21.1. The molecule has 1 heterocycles. The fourth-order valence-electron chi connectivity index (χ4n) is 4.56. The Morgan fingerprint density at radius 2 is 1.79 bits per heavy atom. The summed E-state index contributed by atoms with van der Waals surface area (Å²) in [4.78, 5) is 37.5. The molecule has 39 heavy (non-hydrogen) atoms. The van der Waals surface area contributed by atoms with E-state index in [-0.39, 0.29) is 37.3 Å². The van der Waals surface area contributed by atoms with Crippen LogP contribution < -0.4 is 15.4 Å². The number of carboxylic acids is 1. The number of nitrogens with zero attached hydrogens (tertiary/aromatic N) is 1. The average Bonchev–Trinajstić information content (AvgIpc) is 3.28. The van der Waals surface area contributed by atoms with Crippen molar-refractivity contribution < 1.29 is 37.4 Å². The molecule has 1 aliphatic carbocycles. The van der Waals surface area contributed by atoms with Crippen molar-refractivity contribution in [2.45, 2.75) is 38.4 Å². The van der Waals surface area contributed by atoms with Gasteiger partial charge in [-0.2, -0.15) is 0 Å². The SMILES string of the molecule is Cc1ccccc1NC(=O)NC1=C(F)C[C@H](CC(=O)N2C[C@@H](F)C[C@H]2COc2ccc(C(=O)O)cc2)C(F)=C1. The molecule has 0 radical (unpaired) electrons. The number of hydrogen-bond acceptors (Lipinski definition) is 4. The number of para-hydroxylation sites is 1. The second-order valence-electron chi connectivity index (χ2n) is 9.52. The van der Waals surface area contributed by atoms with Crippen LogP contribution in [0.25, 0.3) is 0 Å². The van der Waals surface area contributed by atoms with Gasteiger partial charge in [0.1, 0.15) is 30.2 Å². The maximum absolute atomic E-state index is 14.9. The number of benzene rings is 2. The normalized spacial score (nSPS) is 20.9. The van der Waals surface area contributed by atoms with Crippen LogP contribution in [0.5, 0.6) is 5.75 Å². The molecule has 206 valence electrons. The minimum Gasteiger partial charge on any atom is -0.491 e. The highest BCUT2D eigenvalue weighted by Gasteiger charge is 2.38. The molecule has 3 N–H and O–H groups in total. The number of aromatic carboxylic acids is 1. The lowest BCUT2D eigenvalue weighted by atomic mass is 9.93. The summed E-state index contributed by atoms with van der Waals surface area (Å²) in [6.45, 7) is 1.56. The molecule has 2 aliphatic rings. The number of urea groups is 1. The van der Waals surface area contributed by atoms with Gasteiger partial charge in [0.2, 0.25) is 5.91 Å². The van der Waals surface area contributed by atoms with Crippen LogP contribution in [-0.4, -0.2) is 53.3 Å². The van der Waals surface area contributed by atoms with E-state index < -0.39 is 54.1 Å². The molecule has 8 nitrogen and oxygen atoms in total. The van der Waals surface area contributed by atoms with Crippen LogP contribution in [0.4, 0.5) is 23.7 Å². The van der Waals surface area contributed by atoms with Gasteiger partial charge >= 0.3 is 12.0 Å². The van der Waals surface area contributed by atoms with E-state index in [2.05, 4.69) is 10.6 Å². The predicted molar refractivity (Wildman–Crippen MR) is 137 cm³/mol. The van der Waals surface area contributed by atoms with Crippen LogP contribution in [0.15, 0.2) is 72.0 Å². The molecule has 2 aromatic rings. The first kappa shape index (κ1) is 27.7. The van der Waals surface area contributed by atoms with E-state index in [9.17, 15) is 27.6 Å². The number of anilines is 1. The van der Waals surface area contributed by atoms with Gasteiger partial charge in [0.05, 0.1) is 23.8 Å². The van der Waals surface area contributed by atoms with Crippen LogP contribution in [-0.2, 0) is 4.79 Å². The number of halogens is 3. The smallest absolute Gasteiger partial charge is 0.335 e. The van der Waals surface area contributed by atoms with Crippen molar-refractivity contribution in [3.05, 3.63) is 83.1 Å². The van der Waals surface area contributed by atoms with Gasteiger partial charge in [-0.05, 0) is 48.9 Å². The molecule has 0 unspecified atom stereocenters. The number of hydrogen-bond donors (Lipinski definition) is 3. The van der Waals surface area contributed by atoms with Crippen LogP contribution >= 0.6 is 0 Å². The summed E-state index contributed by atoms with van der Waals surface area (Å²) in [7, 11) is 0. The number of ether oxygens (including phenoxy) is 1. The van der Waals surface area contributed by atoms with E-state index in [4.69, 9.17) is 9.84 Å². The molecule has 0 saturated carbocycles. The average molecular weight is 544 g/mol. The highest BCUT2D eigenvalue weighted by Crippen LogP contribution is 2.34. The molecule has 4 rings (SSSR count). The van der Waals surface area contributed by atoms with Crippen molar-refractivity contribution in [2.75, 3.05) is 18.5 Å². The van der Waals surface area contributed by atoms with Crippen molar-refractivity contribution in [2.24, 2.45) is 5.92 Å². The number of allylic oxidation sites excluding steroid dienone is 3. The molecule has 2 aromatic carbocycles. The van der Waals surface area contributed by atoms with E-state index in [1.54, 1.807) is 31.2 Å². The van der Waals surface area contributed by atoms with Gasteiger partial charge in [-0.25, -0.2) is 22.8 Å². The van der Waals surface area contributed by atoms with E-state index in [0.29, 0.717) is 11.4 Å². The number of carbonyl (C=O) groups excluding carboxylic acids is 2. The summed E-state index contributed by atoms with van der Waals surface area (Å²) >= 11 is 0. The number of rotatable bonds is 8. The maximum Gasteiger partial charge on any atom is 0.335 e. The molecule has 3 amide bonds. The maximum atomic E-state index is 14.9. The Morgan fingerprint density at radius 3 is 2.49 bits per heavy atom. The third-order valence-corrected chi connectivity index (χ3v) is 6.68. The zero-order valence-electron chi connectivity index (χ0n) is 21.1. The Kier molecular flexibility index (Phi) is 8.58. The number of likely N-dealkylation sites (tertiary alicyclic amines) is 1.